The molecule has 2 amide bonds. The van der Waals surface area contributed by atoms with Gasteiger partial charge in [0, 0.05) is 25.9 Å². The van der Waals surface area contributed by atoms with E-state index >= 15 is 0 Å². The number of nitrogens with one attached hydrogen (secondary N) is 2. The van der Waals surface area contributed by atoms with E-state index in [0.29, 0.717) is 224 Å². The molecule has 0 heterocycles. The molecule has 24 nitrogen and oxygen atoms in total. The minimum absolute atomic E-state index is 0.0894. The van der Waals surface area contributed by atoms with Gasteiger partial charge in [0.05, 0.1) is 205 Å². The molecule has 77 heavy (non-hydrogen) atoms. The van der Waals surface area contributed by atoms with E-state index in [-0.39, 0.29) is 25.4 Å². The van der Waals surface area contributed by atoms with Crippen LogP contribution >= 0.6 is 0 Å². The SMILES string of the molecule is CCCCOC(=O)[C@H](Cc1ccc(OCCOCCOCCOCCOCCOCCOCCOCCOCCOCCOCCOCCNC(=O)OC(C)(C)C)cc1)NC(=O)CCOCCOCCOCCOCCN. The second-order valence-corrected chi connectivity index (χ2v) is 17.5. The van der Waals surface area contributed by atoms with Crippen LogP contribution in [0.2, 0.25) is 0 Å². The fourth-order valence-electron chi connectivity index (χ4n) is 5.90. The van der Waals surface area contributed by atoms with Crippen molar-refractivity contribution in [2.45, 2.75) is 65.0 Å². The van der Waals surface area contributed by atoms with E-state index in [0.717, 1.165) is 18.4 Å². The number of carbonyl (C=O) groups excluding carboxylic acids is 3. The molecule has 0 aliphatic rings. The van der Waals surface area contributed by atoms with Crippen LogP contribution in [0.5, 0.6) is 5.75 Å². The Balaban J connectivity index is 1.90. The molecule has 0 aliphatic heterocycles. The van der Waals surface area contributed by atoms with Gasteiger partial charge in [0.1, 0.15) is 24.0 Å². The van der Waals surface area contributed by atoms with Crippen LogP contribution < -0.4 is 21.1 Å². The number of hydrogen-bond donors (Lipinski definition) is 3. The van der Waals surface area contributed by atoms with Gasteiger partial charge < -0.3 is 102 Å². The summed E-state index contributed by atoms with van der Waals surface area (Å²) in [5.74, 6) is -0.134. The first-order valence-electron chi connectivity index (χ1n) is 27.1. The largest absolute Gasteiger partial charge is 0.491 e. The first-order chi connectivity index (χ1) is 37.6. The van der Waals surface area contributed by atoms with Crippen molar-refractivity contribution in [1.82, 2.24) is 10.6 Å². The van der Waals surface area contributed by atoms with E-state index in [1.54, 1.807) is 0 Å². The second kappa shape index (κ2) is 54.5. The molecule has 0 aliphatic carbocycles. The summed E-state index contributed by atoms with van der Waals surface area (Å²) in [5, 5.41) is 5.44. The van der Waals surface area contributed by atoms with Gasteiger partial charge in [-0.05, 0) is 44.9 Å². The lowest BCUT2D eigenvalue weighted by molar-refractivity contribution is -0.148. The highest BCUT2D eigenvalue weighted by Gasteiger charge is 2.23. The number of unbranched alkanes of at least 4 members (excludes halogenated alkanes) is 1. The number of nitrogens with two attached hydrogens (primary N) is 1. The van der Waals surface area contributed by atoms with Crippen LogP contribution in [-0.4, -0.2) is 254 Å². The van der Waals surface area contributed by atoms with E-state index in [1.165, 1.54) is 0 Å². The average Bonchev–Trinajstić information content (AvgIpc) is 3.40. The quantitative estimate of drug-likeness (QED) is 0.0625. The molecule has 0 fully saturated rings. The predicted molar refractivity (Wildman–Crippen MR) is 284 cm³/mol. The van der Waals surface area contributed by atoms with Gasteiger partial charge in [0.25, 0.3) is 0 Å². The fraction of sp³-hybridized carbons (Fsp3) is 0.830. The van der Waals surface area contributed by atoms with Crippen LogP contribution in [0.15, 0.2) is 24.3 Å². The topological polar surface area (TPSA) is 267 Å². The molecule has 4 N–H and O–H groups in total. The van der Waals surface area contributed by atoms with Gasteiger partial charge in [-0.15, -0.1) is 0 Å². The lowest BCUT2D eigenvalue weighted by atomic mass is 10.1. The Morgan fingerprint density at radius 2 is 0.818 bits per heavy atom. The van der Waals surface area contributed by atoms with Crippen LogP contribution in [-0.2, 0) is 96.5 Å². The Kier molecular flexibility index (Phi) is 50.7. The van der Waals surface area contributed by atoms with Gasteiger partial charge in [0.2, 0.25) is 5.91 Å². The number of benzene rings is 1. The number of hydrogen-bond acceptors (Lipinski definition) is 22. The third-order valence-electron chi connectivity index (χ3n) is 9.71. The smallest absolute Gasteiger partial charge is 0.407 e. The third kappa shape index (κ3) is 51.8. The van der Waals surface area contributed by atoms with E-state index in [4.69, 9.17) is 91.0 Å². The first-order valence-corrected chi connectivity index (χ1v) is 27.1. The molecule has 0 saturated heterocycles. The van der Waals surface area contributed by atoms with Crippen molar-refractivity contribution in [3.05, 3.63) is 29.8 Å². The highest BCUT2D eigenvalue weighted by atomic mass is 16.6. The van der Waals surface area contributed by atoms with Crippen molar-refractivity contribution in [2.24, 2.45) is 5.73 Å². The number of amides is 2. The summed E-state index contributed by atoms with van der Waals surface area (Å²) in [6.45, 7) is 22.1. The molecule has 450 valence electrons. The summed E-state index contributed by atoms with van der Waals surface area (Å²) < 4.78 is 98.7. The lowest BCUT2D eigenvalue weighted by Gasteiger charge is -2.19. The van der Waals surface area contributed by atoms with Crippen LogP contribution in [0.1, 0.15) is 52.5 Å². The third-order valence-corrected chi connectivity index (χ3v) is 9.71. The highest BCUT2D eigenvalue weighted by molar-refractivity contribution is 5.84. The second-order valence-electron chi connectivity index (χ2n) is 17.5. The summed E-state index contributed by atoms with van der Waals surface area (Å²) in [7, 11) is 0. The molecular weight excluding hydrogens is 1010 g/mol. The Morgan fingerprint density at radius 3 is 1.18 bits per heavy atom. The van der Waals surface area contributed by atoms with Crippen molar-refractivity contribution < 1.29 is 99.6 Å². The zero-order valence-corrected chi connectivity index (χ0v) is 46.9. The Hall–Kier alpha value is -3.41. The van der Waals surface area contributed by atoms with E-state index in [2.05, 4.69) is 10.6 Å². The molecule has 0 radical (unpaired) electrons. The van der Waals surface area contributed by atoms with Crippen molar-refractivity contribution >= 4 is 18.0 Å². The zero-order chi connectivity index (χ0) is 55.8. The summed E-state index contributed by atoms with van der Waals surface area (Å²) in [6, 6.07) is 6.50. The van der Waals surface area contributed by atoms with E-state index < -0.39 is 23.7 Å². The standard InChI is InChI=1S/C53H97N3O21/c1-5-6-14-76-51(58)49(56-50(57)11-15-60-18-21-63-24-25-64-22-19-61-16-12-54)46-47-7-9-48(10-8-47)75-45-44-74-43-42-73-41-40-72-39-38-71-37-36-70-35-34-69-33-32-68-31-30-67-29-28-66-27-26-65-23-20-62-17-13-55-52(59)77-53(2,3)4/h7-10,49H,5-6,11-46,54H2,1-4H3,(H,55,59)(H,56,57)/t49-/m0/s1. The van der Waals surface area contributed by atoms with Crippen molar-refractivity contribution in [2.75, 3.05) is 225 Å². The Labute approximate surface area is 458 Å². The average molecular weight is 1110 g/mol. The highest BCUT2D eigenvalue weighted by Crippen LogP contribution is 2.14. The Morgan fingerprint density at radius 1 is 0.468 bits per heavy atom. The number of carbonyl (C=O) groups is 3. The maximum atomic E-state index is 12.9. The van der Waals surface area contributed by atoms with Gasteiger partial charge >= 0.3 is 12.1 Å². The van der Waals surface area contributed by atoms with Gasteiger partial charge in [-0.2, -0.15) is 0 Å². The van der Waals surface area contributed by atoms with Gasteiger partial charge in [-0.25, -0.2) is 9.59 Å². The zero-order valence-electron chi connectivity index (χ0n) is 46.9. The molecule has 1 atom stereocenters. The van der Waals surface area contributed by atoms with Gasteiger partial charge in [0.15, 0.2) is 0 Å². The van der Waals surface area contributed by atoms with Crippen LogP contribution in [0, 0.1) is 0 Å². The molecule has 1 aromatic carbocycles. The van der Waals surface area contributed by atoms with Gasteiger partial charge in [-0.1, -0.05) is 25.5 Å². The van der Waals surface area contributed by atoms with E-state index in [1.807, 2.05) is 52.0 Å². The van der Waals surface area contributed by atoms with Crippen LogP contribution in [0.4, 0.5) is 4.79 Å². The summed E-state index contributed by atoms with van der Waals surface area (Å²) in [5.41, 5.74) is 5.68. The number of alkyl carbamates (subject to hydrolysis) is 1. The minimum Gasteiger partial charge on any atom is -0.491 e. The maximum Gasteiger partial charge on any atom is 0.407 e. The fourth-order valence-corrected chi connectivity index (χ4v) is 5.90. The van der Waals surface area contributed by atoms with Gasteiger partial charge in [-0.3, -0.25) is 4.79 Å². The summed E-state index contributed by atoms with van der Waals surface area (Å²) in [6.07, 6.45) is 1.51. The Bertz CT molecular complexity index is 1470. The normalized spacial score (nSPS) is 12.0. The molecule has 1 aromatic rings. The molecule has 0 spiro atoms. The van der Waals surface area contributed by atoms with Crippen molar-refractivity contribution in [3.63, 3.8) is 0 Å². The molecule has 24 heteroatoms. The van der Waals surface area contributed by atoms with E-state index in [9.17, 15) is 14.4 Å². The molecule has 0 aromatic heterocycles. The minimum atomic E-state index is -0.842. The molecular formula is C53H97N3O21. The molecule has 0 saturated carbocycles. The van der Waals surface area contributed by atoms with Crippen LogP contribution in [0.25, 0.3) is 0 Å². The predicted octanol–water partition coefficient (Wildman–Crippen LogP) is 2.56. The number of esters is 1. The maximum absolute atomic E-state index is 12.9. The lowest BCUT2D eigenvalue weighted by Crippen LogP contribution is -2.43. The number of ether oxygens (including phenoxy) is 18. The first kappa shape index (κ1) is 71.6. The molecule has 0 bridgehead atoms. The summed E-state index contributed by atoms with van der Waals surface area (Å²) in [4.78, 5) is 37.2. The van der Waals surface area contributed by atoms with Crippen molar-refractivity contribution in [3.8, 4) is 5.75 Å². The number of rotatable bonds is 58. The van der Waals surface area contributed by atoms with Crippen LogP contribution in [0.3, 0.4) is 0 Å². The summed E-state index contributed by atoms with van der Waals surface area (Å²) >= 11 is 0. The molecule has 1 rings (SSSR count). The van der Waals surface area contributed by atoms with Crippen molar-refractivity contribution in [1.29, 1.82) is 0 Å². The monoisotopic (exact) mass is 1110 g/mol. The molecule has 0 unspecified atom stereocenters.